The van der Waals surface area contributed by atoms with Crippen molar-refractivity contribution in [3.8, 4) is 5.75 Å². The van der Waals surface area contributed by atoms with Crippen LogP contribution in [-0.2, 0) is 6.54 Å². The molecule has 2 aliphatic heterocycles. The van der Waals surface area contributed by atoms with Crippen molar-refractivity contribution in [2.75, 3.05) is 20.1 Å². The van der Waals surface area contributed by atoms with E-state index in [-0.39, 0.29) is 18.1 Å². The zero-order valence-electron chi connectivity index (χ0n) is 19.2. The molecule has 0 aromatic heterocycles. The fourth-order valence-electron chi connectivity index (χ4n) is 5.44. The maximum atomic E-state index is 13.6. The maximum Gasteiger partial charge on any atom is 0.255 e. The number of nitrogens with zero attached hydrogens (tertiary/aromatic N) is 2. The number of allylic oxidation sites excluding steroid dienone is 1. The molecule has 2 fully saturated rings. The lowest BCUT2D eigenvalue weighted by molar-refractivity contribution is 0.0536. The van der Waals surface area contributed by atoms with Crippen LogP contribution in [0.25, 0.3) is 0 Å². The molecule has 3 unspecified atom stereocenters. The number of rotatable bonds is 9. The number of fused-ring (bicyclic) bond motifs is 1. The molecule has 5 nitrogen and oxygen atoms in total. The van der Waals surface area contributed by atoms with Crippen LogP contribution in [0.1, 0.15) is 60.9 Å². The highest BCUT2D eigenvalue weighted by Gasteiger charge is 2.37. The normalized spacial score (nSPS) is 24.9. The minimum Gasteiger partial charge on any atom is -0.489 e. The van der Waals surface area contributed by atoms with Crippen LogP contribution >= 0.6 is 0 Å². The van der Waals surface area contributed by atoms with Gasteiger partial charge < -0.3 is 15.0 Å². The number of amides is 1. The summed E-state index contributed by atoms with van der Waals surface area (Å²) < 4.78 is 20.0. The summed E-state index contributed by atoms with van der Waals surface area (Å²) in [5.41, 5.74) is 2.60. The maximum absolute atomic E-state index is 13.6. The van der Waals surface area contributed by atoms with E-state index in [2.05, 4.69) is 23.4 Å². The van der Waals surface area contributed by atoms with Crippen molar-refractivity contribution in [2.24, 2.45) is 0 Å². The molecule has 1 saturated heterocycles. The van der Waals surface area contributed by atoms with E-state index in [1.54, 1.807) is 0 Å². The lowest BCUT2D eigenvalue weighted by Gasteiger charge is -2.36. The minimum atomic E-state index is -0.654. The van der Waals surface area contributed by atoms with Gasteiger partial charge in [0.05, 0.1) is 6.04 Å². The molecule has 1 aromatic carbocycles. The summed E-state index contributed by atoms with van der Waals surface area (Å²) in [7, 11) is 1.84. The number of likely N-dealkylation sites (N-methyl/N-ethyl adjacent to an activating group) is 1. The average Bonchev–Trinajstić information content (AvgIpc) is 3.39. The van der Waals surface area contributed by atoms with Gasteiger partial charge in [0.15, 0.2) is 0 Å². The van der Waals surface area contributed by atoms with E-state index in [9.17, 15) is 9.18 Å². The molecule has 1 amide bonds. The van der Waals surface area contributed by atoms with Crippen LogP contribution in [0.5, 0.6) is 5.75 Å². The molecular weight excluding hydrogens is 405 g/mol. The monoisotopic (exact) mass is 441 g/mol. The van der Waals surface area contributed by atoms with Gasteiger partial charge in [0.25, 0.3) is 5.91 Å². The van der Waals surface area contributed by atoms with Crippen LogP contribution in [0, 0.1) is 0 Å². The average molecular weight is 442 g/mol. The fraction of sp³-hybridized carbons (Fsp3) is 0.577. The minimum absolute atomic E-state index is 0.0462. The number of piperidine rings is 1. The molecule has 32 heavy (non-hydrogen) atoms. The highest BCUT2D eigenvalue weighted by Crippen LogP contribution is 2.34. The highest BCUT2D eigenvalue weighted by molar-refractivity contribution is 5.99. The second-order valence-corrected chi connectivity index (χ2v) is 9.27. The van der Waals surface area contributed by atoms with Gasteiger partial charge in [-0.1, -0.05) is 12.7 Å². The Morgan fingerprint density at radius 1 is 1.31 bits per heavy atom. The van der Waals surface area contributed by atoms with Crippen LogP contribution < -0.4 is 10.1 Å². The van der Waals surface area contributed by atoms with Crippen LogP contribution in [0.15, 0.2) is 43.1 Å². The molecule has 1 N–H and O–H groups in total. The van der Waals surface area contributed by atoms with Crippen LogP contribution in [0.2, 0.25) is 0 Å². The van der Waals surface area contributed by atoms with Crippen molar-refractivity contribution in [1.82, 2.24) is 15.1 Å². The van der Waals surface area contributed by atoms with E-state index in [1.807, 2.05) is 36.2 Å². The topological polar surface area (TPSA) is 44.8 Å². The van der Waals surface area contributed by atoms with E-state index < -0.39 is 6.17 Å². The predicted octanol–water partition coefficient (Wildman–Crippen LogP) is 4.44. The van der Waals surface area contributed by atoms with Crippen molar-refractivity contribution in [1.29, 1.82) is 0 Å². The Morgan fingerprint density at radius 3 is 2.81 bits per heavy atom. The summed E-state index contributed by atoms with van der Waals surface area (Å²) in [6, 6.07) is 6.15. The van der Waals surface area contributed by atoms with E-state index in [0.29, 0.717) is 25.4 Å². The Labute approximate surface area is 191 Å². The number of hydrogen-bond donors (Lipinski definition) is 1. The molecule has 0 bridgehead atoms. The summed E-state index contributed by atoms with van der Waals surface area (Å²) in [4.78, 5) is 17.4. The second-order valence-electron chi connectivity index (χ2n) is 9.27. The van der Waals surface area contributed by atoms with E-state index in [1.165, 1.54) is 0 Å². The Morgan fingerprint density at radius 2 is 2.09 bits per heavy atom. The SMILES string of the molecule is C=CCCC(C(=C)NC)N1Cc2cc(OC3CCCC3N3CCC(F)CC3)ccc2C1=O. The molecule has 3 atom stereocenters. The third kappa shape index (κ3) is 4.70. The number of halogens is 1. The first-order valence-corrected chi connectivity index (χ1v) is 12.0. The van der Waals surface area contributed by atoms with Crippen molar-refractivity contribution in [3.63, 3.8) is 0 Å². The van der Waals surface area contributed by atoms with E-state index in [4.69, 9.17) is 4.74 Å². The summed E-state index contributed by atoms with van der Waals surface area (Å²) in [6.45, 7) is 10.1. The van der Waals surface area contributed by atoms with Crippen LogP contribution in [0.3, 0.4) is 0 Å². The molecule has 6 heteroatoms. The number of carbonyl (C=O) groups excluding carboxylic acids is 1. The highest BCUT2D eigenvalue weighted by atomic mass is 19.1. The van der Waals surface area contributed by atoms with Gasteiger partial charge in [-0.05, 0) is 68.7 Å². The number of nitrogens with one attached hydrogen (secondary N) is 1. The largest absolute Gasteiger partial charge is 0.489 e. The zero-order valence-corrected chi connectivity index (χ0v) is 19.2. The van der Waals surface area contributed by atoms with Gasteiger partial charge in [-0.2, -0.15) is 0 Å². The standard InChI is InChI=1S/C26H36FN3O2/c1-4-5-7-23(18(2)28-3)30-17-19-16-21(10-11-22(19)26(30)31)32-25-9-6-8-24(25)29-14-12-20(27)13-15-29/h4,10-11,16,20,23-25,28H,1-2,5-9,12-15,17H2,3H3. The molecular formula is C26H36FN3O2. The van der Waals surface area contributed by atoms with Gasteiger partial charge in [0.1, 0.15) is 18.0 Å². The second kappa shape index (κ2) is 10.1. The molecule has 1 aromatic rings. The van der Waals surface area contributed by atoms with Crippen molar-refractivity contribution in [3.05, 3.63) is 54.3 Å². The first-order chi connectivity index (χ1) is 15.5. The van der Waals surface area contributed by atoms with E-state index >= 15 is 0 Å². The smallest absolute Gasteiger partial charge is 0.255 e. The Balaban J connectivity index is 1.45. The van der Waals surface area contributed by atoms with Crippen molar-refractivity contribution < 1.29 is 13.9 Å². The third-order valence-electron chi connectivity index (χ3n) is 7.29. The van der Waals surface area contributed by atoms with Gasteiger partial charge in [-0.15, -0.1) is 6.58 Å². The van der Waals surface area contributed by atoms with Crippen molar-refractivity contribution in [2.45, 2.75) is 75.8 Å². The molecule has 1 aliphatic carbocycles. The van der Waals surface area contributed by atoms with Gasteiger partial charge in [-0.3, -0.25) is 9.69 Å². The zero-order chi connectivity index (χ0) is 22.7. The first-order valence-electron chi connectivity index (χ1n) is 12.0. The predicted molar refractivity (Wildman–Crippen MR) is 125 cm³/mol. The van der Waals surface area contributed by atoms with Gasteiger partial charge in [-0.25, -0.2) is 4.39 Å². The molecule has 1 saturated carbocycles. The lowest BCUT2D eigenvalue weighted by atomic mass is 10.0. The molecule has 0 spiro atoms. The Kier molecular flexibility index (Phi) is 7.19. The van der Waals surface area contributed by atoms with Gasteiger partial charge in [0.2, 0.25) is 0 Å². The third-order valence-corrected chi connectivity index (χ3v) is 7.29. The summed E-state index contributed by atoms with van der Waals surface area (Å²) in [5, 5.41) is 3.12. The first kappa shape index (κ1) is 22.8. The lowest BCUT2D eigenvalue weighted by Crippen LogP contribution is -2.47. The Hall–Kier alpha value is -2.34. The van der Waals surface area contributed by atoms with E-state index in [0.717, 1.165) is 67.8 Å². The molecule has 4 rings (SSSR count). The number of likely N-dealkylation sites (tertiary alicyclic amines) is 1. The molecule has 0 radical (unpaired) electrons. The van der Waals surface area contributed by atoms with Crippen LogP contribution in [0.4, 0.5) is 4.39 Å². The summed E-state index contributed by atoms with van der Waals surface area (Å²) >= 11 is 0. The van der Waals surface area contributed by atoms with Crippen molar-refractivity contribution >= 4 is 5.91 Å². The number of benzene rings is 1. The summed E-state index contributed by atoms with van der Waals surface area (Å²) in [5.74, 6) is 0.871. The quantitative estimate of drug-likeness (QED) is 0.576. The summed E-state index contributed by atoms with van der Waals surface area (Å²) in [6.07, 6.45) is 7.50. The number of ether oxygens (including phenoxy) is 1. The molecule has 3 aliphatic rings. The molecule has 174 valence electrons. The Bertz CT molecular complexity index is 849. The van der Waals surface area contributed by atoms with Crippen LogP contribution in [-0.4, -0.2) is 60.2 Å². The van der Waals surface area contributed by atoms with Gasteiger partial charge in [0, 0.05) is 44.0 Å². The molecule has 2 heterocycles. The van der Waals surface area contributed by atoms with Gasteiger partial charge >= 0.3 is 0 Å². The number of alkyl halides is 1. The fourth-order valence-corrected chi connectivity index (χ4v) is 5.44. The number of carbonyl (C=O) groups is 1. The number of hydrogen-bond acceptors (Lipinski definition) is 4.